The van der Waals surface area contributed by atoms with Crippen LogP contribution in [0.5, 0.6) is 0 Å². The molecule has 0 heterocycles. The fourth-order valence-corrected chi connectivity index (χ4v) is 2.14. The number of amides is 2. The number of benzene rings is 1. The van der Waals surface area contributed by atoms with Crippen molar-refractivity contribution in [3.63, 3.8) is 0 Å². The van der Waals surface area contributed by atoms with E-state index in [1.165, 1.54) is 0 Å². The predicted molar refractivity (Wildman–Crippen MR) is 81.4 cm³/mol. The summed E-state index contributed by atoms with van der Waals surface area (Å²) < 4.78 is 0.918. The number of hydrogen-bond acceptors (Lipinski definition) is 2. The largest absolute Gasteiger partial charge is 0.352 e. The smallest absolute Gasteiger partial charge is 0.251 e. The molecule has 1 aromatic rings. The molecule has 2 rings (SSSR count). The van der Waals surface area contributed by atoms with Gasteiger partial charge in [0.25, 0.3) is 5.91 Å². The molecule has 1 fully saturated rings. The van der Waals surface area contributed by atoms with Crippen LogP contribution in [0, 0.1) is 5.92 Å². The molecule has 1 atom stereocenters. The summed E-state index contributed by atoms with van der Waals surface area (Å²) in [6.45, 7) is 3.86. The summed E-state index contributed by atoms with van der Waals surface area (Å²) in [6, 6.07) is 6.89. The molecule has 0 aliphatic heterocycles. The third-order valence-corrected chi connectivity index (χ3v) is 3.79. The Labute approximate surface area is 127 Å². The molecule has 108 valence electrons. The van der Waals surface area contributed by atoms with Crippen LogP contribution in [0.3, 0.4) is 0 Å². The highest BCUT2D eigenvalue weighted by molar-refractivity contribution is 9.10. The first-order valence-electron chi connectivity index (χ1n) is 6.84. The molecule has 0 saturated heterocycles. The molecule has 5 heteroatoms. The summed E-state index contributed by atoms with van der Waals surface area (Å²) in [5, 5.41) is 5.76. The zero-order chi connectivity index (χ0) is 14.7. The number of rotatable bonds is 5. The van der Waals surface area contributed by atoms with Gasteiger partial charge in [0.2, 0.25) is 5.91 Å². The summed E-state index contributed by atoms with van der Waals surface area (Å²) in [6.07, 6.45) is 2.08. The van der Waals surface area contributed by atoms with Gasteiger partial charge in [0, 0.05) is 16.1 Å². The fraction of sp³-hybridized carbons (Fsp3) is 0.467. The minimum Gasteiger partial charge on any atom is -0.352 e. The Kier molecular flexibility index (Phi) is 4.81. The fourth-order valence-electron chi connectivity index (χ4n) is 1.88. The van der Waals surface area contributed by atoms with Crippen molar-refractivity contribution in [1.29, 1.82) is 0 Å². The normalized spacial score (nSPS) is 15.8. The molecule has 1 aliphatic carbocycles. The summed E-state index contributed by atoms with van der Waals surface area (Å²) in [5.74, 6) is -0.261. The van der Waals surface area contributed by atoms with E-state index in [9.17, 15) is 9.59 Å². The van der Waals surface area contributed by atoms with Gasteiger partial charge in [0.1, 0.15) is 6.04 Å². The SMILES string of the molecule is CC(C)C(NC(=O)c1ccc(Br)cc1)C(=O)NC1CC1. The first kappa shape index (κ1) is 15.0. The zero-order valence-corrected chi connectivity index (χ0v) is 13.2. The van der Waals surface area contributed by atoms with E-state index in [2.05, 4.69) is 26.6 Å². The van der Waals surface area contributed by atoms with Gasteiger partial charge in [-0.25, -0.2) is 0 Å². The summed E-state index contributed by atoms with van der Waals surface area (Å²) >= 11 is 3.33. The van der Waals surface area contributed by atoms with E-state index in [-0.39, 0.29) is 17.7 Å². The van der Waals surface area contributed by atoms with Gasteiger partial charge in [0.15, 0.2) is 0 Å². The van der Waals surface area contributed by atoms with Gasteiger partial charge < -0.3 is 10.6 Å². The highest BCUT2D eigenvalue weighted by Gasteiger charge is 2.30. The lowest BCUT2D eigenvalue weighted by Gasteiger charge is -2.21. The molecular formula is C15H19BrN2O2. The van der Waals surface area contributed by atoms with Crippen molar-refractivity contribution in [2.45, 2.75) is 38.8 Å². The van der Waals surface area contributed by atoms with Gasteiger partial charge in [-0.15, -0.1) is 0 Å². The maximum atomic E-state index is 12.2. The van der Waals surface area contributed by atoms with Crippen molar-refractivity contribution >= 4 is 27.7 Å². The Bertz CT molecular complexity index is 495. The van der Waals surface area contributed by atoms with Crippen molar-refractivity contribution in [3.8, 4) is 0 Å². The van der Waals surface area contributed by atoms with Crippen LogP contribution in [-0.4, -0.2) is 23.9 Å². The Morgan fingerprint density at radius 3 is 2.30 bits per heavy atom. The van der Waals surface area contributed by atoms with Crippen molar-refractivity contribution in [1.82, 2.24) is 10.6 Å². The third kappa shape index (κ3) is 4.07. The van der Waals surface area contributed by atoms with Crippen LogP contribution in [0.15, 0.2) is 28.7 Å². The lowest BCUT2D eigenvalue weighted by molar-refractivity contribution is -0.124. The number of halogens is 1. The third-order valence-electron chi connectivity index (χ3n) is 3.27. The number of hydrogen-bond donors (Lipinski definition) is 2. The van der Waals surface area contributed by atoms with Gasteiger partial charge in [-0.3, -0.25) is 9.59 Å². The van der Waals surface area contributed by atoms with Crippen LogP contribution in [-0.2, 0) is 4.79 Å². The lowest BCUT2D eigenvalue weighted by atomic mass is 10.0. The lowest BCUT2D eigenvalue weighted by Crippen LogP contribution is -2.50. The number of nitrogens with one attached hydrogen (secondary N) is 2. The van der Waals surface area contributed by atoms with Crippen molar-refractivity contribution < 1.29 is 9.59 Å². The van der Waals surface area contributed by atoms with Crippen molar-refractivity contribution in [2.75, 3.05) is 0 Å². The zero-order valence-electron chi connectivity index (χ0n) is 11.7. The van der Waals surface area contributed by atoms with Gasteiger partial charge in [-0.1, -0.05) is 29.8 Å². The minimum absolute atomic E-state index is 0.0492. The topological polar surface area (TPSA) is 58.2 Å². The van der Waals surface area contributed by atoms with Crippen molar-refractivity contribution in [3.05, 3.63) is 34.3 Å². The summed E-state index contributed by atoms with van der Waals surface area (Å²) in [7, 11) is 0. The first-order valence-corrected chi connectivity index (χ1v) is 7.63. The van der Waals surface area contributed by atoms with Gasteiger partial charge in [-0.2, -0.15) is 0 Å². The van der Waals surface area contributed by atoms with Gasteiger partial charge in [0.05, 0.1) is 0 Å². The molecule has 1 aliphatic rings. The Hall–Kier alpha value is -1.36. The molecule has 20 heavy (non-hydrogen) atoms. The van der Waals surface area contributed by atoms with E-state index in [1.807, 2.05) is 26.0 Å². The van der Waals surface area contributed by atoms with E-state index < -0.39 is 6.04 Å². The van der Waals surface area contributed by atoms with E-state index in [1.54, 1.807) is 12.1 Å². The standard InChI is InChI=1S/C15H19BrN2O2/c1-9(2)13(15(20)17-12-7-8-12)18-14(19)10-3-5-11(16)6-4-10/h3-6,9,12-13H,7-8H2,1-2H3,(H,17,20)(H,18,19). The Morgan fingerprint density at radius 1 is 1.20 bits per heavy atom. The molecule has 2 amide bonds. The molecule has 0 spiro atoms. The average molecular weight is 339 g/mol. The van der Waals surface area contributed by atoms with Crippen LogP contribution in [0.4, 0.5) is 0 Å². The average Bonchev–Trinajstić information content (AvgIpc) is 3.19. The van der Waals surface area contributed by atoms with Crippen LogP contribution in [0.25, 0.3) is 0 Å². The monoisotopic (exact) mass is 338 g/mol. The highest BCUT2D eigenvalue weighted by atomic mass is 79.9. The van der Waals surface area contributed by atoms with E-state index in [0.29, 0.717) is 11.6 Å². The minimum atomic E-state index is -0.494. The molecule has 2 N–H and O–H groups in total. The second kappa shape index (κ2) is 6.39. The molecule has 0 bridgehead atoms. The number of carbonyl (C=O) groups excluding carboxylic acids is 2. The maximum absolute atomic E-state index is 12.2. The quantitative estimate of drug-likeness (QED) is 0.866. The Morgan fingerprint density at radius 2 is 1.80 bits per heavy atom. The maximum Gasteiger partial charge on any atom is 0.251 e. The molecule has 0 radical (unpaired) electrons. The van der Waals surface area contributed by atoms with Crippen LogP contribution in [0.1, 0.15) is 37.0 Å². The second-order valence-electron chi connectivity index (χ2n) is 5.48. The van der Waals surface area contributed by atoms with Crippen LogP contribution >= 0.6 is 15.9 Å². The van der Waals surface area contributed by atoms with Crippen LogP contribution < -0.4 is 10.6 Å². The molecule has 1 aromatic carbocycles. The van der Waals surface area contributed by atoms with E-state index in [4.69, 9.17) is 0 Å². The molecular weight excluding hydrogens is 320 g/mol. The summed E-state index contributed by atoms with van der Waals surface area (Å²) in [5.41, 5.74) is 0.554. The molecule has 1 unspecified atom stereocenters. The van der Waals surface area contributed by atoms with Gasteiger partial charge in [-0.05, 0) is 43.0 Å². The predicted octanol–water partition coefficient (Wildman–Crippen LogP) is 2.48. The number of carbonyl (C=O) groups is 2. The second-order valence-corrected chi connectivity index (χ2v) is 6.40. The van der Waals surface area contributed by atoms with Gasteiger partial charge >= 0.3 is 0 Å². The highest BCUT2D eigenvalue weighted by Crippen LogP contribution is 2.19. The van der Waals surface area contributed by atoms with Crippen LogP contribution in [0.2, 0.25) is 0 Å². The van der Waals surface area contributed by atoms with Crippen molar-refractivity contribution in [2.24, 2.45) is 5.92 Å². The molecule has 4 nitrogen and oxygen atoms in total. The van der Waals surface area contributed by atoms with E-state index >= 15 is 0 Å². The first-order chi connectivity index (χ1) is 9.47. The molecule has 0 aromatic heterocycles. The van der Waals surface area contributed by atoms with E-state index in [0.717, 1.165) is 17.3 Å². The molecule has 1 saturated carbocycles. The summed E-state index contributed by atoms with van der Waals surface area (Å²) in [4.78, 5) is 24.3. The Balaban J connectivity index is 2.01.